The van der Waals surface area contributed by atoms with E-state index in [-0.39, 0.29) is 35.4 Å². The molecule has 11 heteroatoms. The van der Waals surface area contributed by atoms with Crippen molar-refractivity contribution < 1.29 is 4.79 Å². The maximum absolute atomic E-state index is 13.0. The molecule has 5 rings (SSSR count). The van der Waals surface area contributed by atoms with Gasteiger partial charge in [0, 0.05) is 47.3 Å². The largest absolute Gasteiger partial charge is 0.310 e. The van der Waals surface area contributed by atoms with Gasteiger partial charge in [-0.05, 0) is 13.8 Å². The molecule has 0 aliphatic carbocycles. The van der Waals surface area contributed by atoms with Crippen LogP contribution in [0.1, 0.15) is 23.7 Å². The van der Waals surface area contributed by atoms with Gasteiger partial charge in [0.25, 0.3) is 11.1 Å². The van der Waals surface area contributed by atoms with E-state index in [4.69, 9.17) is 0 Å². The number of hydrogen-bond acceptors (Lipinski definition) is 7. The molecule has 0 bridgehead atoms. The molecule has 1 amide bonds. The summed E-state index contributed by atoms with van der Waals surface area (Å²) in [4.78, 5) is 49.0. The van der Waals surface area contributed by atoms with Gasteiger partial charge in [-0.15, -0.1) is 0 Å². The lowest BCUT2D eigenvalue weighted by Gasteiger charge is -2.14. The zero-order chi connectivity index (χ0) is 23.8. The standard InChI is InChI=1S/C23H21N7O3S/c1-13-11-24-23-29(21(13)33)16(12-34-23)9-20(32)26-18-10-17(15-6-4-3-5-7-15)28-30(18)22-25-14(2)8-19(31)27-22/h3-8,10-11,16H,9,12H2,1-2H3,(H,26,32)(H,25,27,31). The Balaban J connectivity index is 1.47. The second-order valence-electron chi connectivity index (χ2n) is 8.02. The third-order valence-corrected chi connectivity index (χ3v) is 6.54. The normalized spacial score (nSPS) is 14.7. The van der Waals surface area contributed by atoms with Crippen molar-refractivity contribution in [3.8, 4) is 17.2 Å². The number of carbonyl (C=O) groups excluding carboxylic acids is 1. The van der Waals surface area contributed by atoms with Crippen molar-refractivity contribution in [2.45, 2.75) is 31.5 Å². The Kier molecular flexibility index (Phi) is 5.62. The van der Waals surface area contributed by atoms with E-state index >= 15 is 0 Å². The number of aromatic nitrogens is 6. The Morgan fingerprint density at radius 1 is 1.21 bits per heavy atom. The molecule has 0 saturated carbocycles. The van der Waals surface area contributed by atoms with Crippen LogP contribution >= 0.6 is 11.8 Å². The summed E-state index contributed by atoms with van der Waals surface area (Å²) < 4.78 is 3.00. The molecule has 1 aromatic carbocycles. The lowest BCUT2D eigenvalue weighted by atomic mass is 10.1. The molecule has 1 aliphatic rings. The maximum atomic E-state index is 13.0. The lowest BCUT2D eigenvalue weighted by molar-refractivity contribution is -0.116. The minimum Gasteiger partial charge on any atom is -0.310 e. The fourth-order valence-corrected chi connectivity index (χ4v) is 4.93. The molecular formula is C23H21N7O3S. The van der Waals surface area contributed by atoms with Crippen molar-refractivity contribution in [1.29, 1.82) is 0 Å². The predicted molar refractivity (Wildman–Crippen MR) is 128 cm³/mol. The fraction of sp³-hybridized carbons (Fsp3) is 0.217. The van der Waals surface area contributed by atoms with Crippen molar-refractivity contribution >= 4 is 23.5 Å². The van der Waals surface area contributed by atoms with Gasteiger partial charge in [0.15, 0.2) is 5.16 Å². The lowest BCUT2D eigenvalue weighted by Crippen LogP contribution is -2.29. The van der Waals surface area contributed by atoms with E-state index in [0.717, 1.165) is 5.56 Å². The van der Waals surface area contributed by atoms with Gasteiger partial charge in [-0.2, -0.15) is 9.78 Å². The number of H-pyrrole nitrogens is 1. The number of thioether (sulfide) groups is 1. The molecule has 0 saturated heterocycles. The number of nitrogens with zero attached hydrogens (tertiary/aromatic N) is 5. The summed E-state index contributed by atoms with van der Waals surface area (Å²) in [7, 11) is 0. The molecule has 34 heavy (non-hydrogen) atoms. The quantitative estimate of drug-likeness (QED) is 0.425. The highest BCUT2D eigenvalue weighted by Gasteiger charge is 2.28. The number of amides is 1. The molecule has 172 valence electrons. The van der Waals surface area contributed by atoms with Crippen molar-refractivity contribution in [3.63, 3.8) is 0 Å². The van der Waals surface area contributed by atoms with E-state index in [1.165, 1.54) is 22.5 Å². The zero-order valence-corrected chi connectivity index (χ0v) is 19.3. The van der Waals surface area contributed by atoms with E-state index in [1.807, 2.05) is 30.3 Å². The zero-order valence-electron chi connectivity index (χ0n) is 18.5. The summed E-state index contributed by atoms with van der Waals surface area (Å²) >= 11 is 1.46. The number of aryl methyl sites for hydroxylation is 2. The van der Waals surface area contributed by atoms with Crippen molar-refractivity contribution in [1.82, 2.24) is 29.3 Å². The van der Waals surface area contributed by atoms with Crippen molar-refractivity contribution in [2.24, 2.45) is 0 Å². The van der Waals surface area contributed by atoms with Crippen LogP contribution in [0.4, 0.5) is 5.82 Å². The van der Waals surface area contributed by atoms with Crippen LogP contribution in [0, 0.1) is 13.8 Å². The van der Waals surface area contributed by atoms with Gasteiger partial charge in [0.1, 0.15) is 5.82 Å². The molecule has 1 unspecified atom stereocenters. The summed E-state index contributed by atoms with van der Waals surface area (Å²) in [5, 5.41) is 8.08. The first kappa shape index (κ1) is 21.8. The Morgan fingerprint density at radius 3 is 2.76 bits per heavy atom. The molecule has 4 aromatic rings. The highest BCUT2D eigenvalue weighted by Crippen LogP contribution is 2.32. The average molecular weight is 476 g/mol. The third kappa shape index (κ3) is 4.17. The Hall–Kier alpha value is -3.99. The van der Waals surface area contributed by atoms with Gasteiger partial charge in [-0.1, -0.05) is 42.1 Å². The van der Waals surface area contributed by atoms with E-state index < -0.39 is 0 Å². The van der Waals surface area contributed by atoms with Crippen LogP contribution in [0.25, 0.3) is 17.2 Å². The maximum Gasteiger partial charge on any atom is 0.257 e. The summed E-state index contributed by atoms with van der Waals surface area (Å²) in [5.41, 5.74) is 2.06. The Morgan fingerprint density at radius 2 is 2.00 bits per heavy atom. The molecule has 1 atom stereocenters. The third-order valence-electron chi connectivity index (χ3n) is 5.43. The number of nitrogens with one attached hydrogen (secondary N) is 2. The molecular weight excluding hydrogens is 454 g/mol. The number of hydrogen-bond donors (Lipinski definition) is 2. The second-order valence-corrected chi connectivity index (χ2v) is 9.01. The number of benzene rings is 1. The summed E-state index contributed by atoms with van der Waals surface area (Å²) in [5.74, 6) is 0.849. The first-order chi connectivity index (χ1) is 16.4. The van der Waals surface area contributed by atoms with Gasteiger partial charge in [0.05, 0.1) is 11.7 Å². The Bertz CT molecular complexity index is 1510. The van der Waals surface area contributed by atoms with Gasteiger partial charge in [0.2, 0.25) is 11.9 Å². The van der Waals surface area contributed by atoms with Crippen molar-refractivity contribution in [3.05, 3.63) is 80.6 Å². The molecule has 4 heterocycles. The molecule has 0 fully saturated rings. The molecule has 1 aliphatic heterocycles. The molecule has 0 spiro atoms. The first-order valence-electron chi connectivity index (χ1n) is 10.6. The summed E-state index contributed by atoms with van der Waals surface area (Å²) in [6.45, 7) is 3.42. The minimum absolute atomic E-state index is 0.0919. The molecule has 10 nitrogen and oxygen atoms in total. The van der Waals surface area contributed by atoms with E-state index in [2.05, 4.69) is 25.4 Å². The van der Waals surface area contributed by atoms with Gasteiger partial charge in [-0.25, -0.2) is 9.97 Å². The van der Waals surface area contributed by atoms with Crippen LogP contribution in [-0.4, -0.2) is 41.0 Å². The minimum atomic E-state index is -0.321. The molecule has 0 radical (unpaired) electrons. The first-order valence-corrected chi connectivity index (χ1v) is 11.6. The van der Waals surface area contributed by atoms with Crippen LogP contribution in [0.2, 0.25) is 0 Å². The average Bonchev–Trinajstić information content (AvgIpc) is 3.41. The highest BCUT2D eigenvalue weighted by atomic mass is 32.2. The summed E-state index contributed by atoms with van der Waals surface area (Å²) in [6.07, 6.45) is 1.65. The van der Waals surface area contributed by atoms with E-state index in [0.29, 0.717) is 33.7 Å². The molecule has 2 N–H and O–H groups in total. The SMILES string of the molecule is Cc1cc(=O)[nH]c(-n2nc(-c3ccccc3)cc2NC(=O)CC2CSc3ncc(C)c(=O)n32)n1. The highest BCUT2D eigenvalue weighted by molar-refractivity contribution is 7.99. The predicted octanol–water partition coefficient (Wildman–Crippen LogP) is 2.47. The smallest absolute Gasteiger partial charge is 0.257 e. The van der Waals surface area contributed by atoms with E-state index in [1.54, 1.807) is 30.7 Å². The van der Waals surface area contributed by atoms with Crippen molar-refractivity contribution in [2.75, 3.05) is 11.1 Å². The number of carbonyl (C=O) groups is 1. The topological polar surface area (TPSA) is 128 Å². The van der Waals surface area contributed by atoms with Gasteiger partial charge in [-0.3, -0.25) is 23.9 Å². The van der Waals surface area contributed by atoms with E-state index in [9.17, 15) is 14.4 Å². The monoisotopic (exact) mass is 475 g/mol. The number of aromatic amines is 1. The van der Waals surface area contributed by atoms with Crippen LogP contribution in [0.3, 0.4) is 0 Å². The Labute approximate surface area is 198 Å². The summed E-state index contributed by atoms with van der Waals surface area (Å²) in [6, 6.07) is 12.3. The number of anilines is 1. The number of fused-ring (bicyclic) bond motifs is 1. The van der Waals surface area contributed by atoms with Gasteiger partial charge < -0.3 is 5.32 Å². The second kappa shape index (κ2) is 8.75. The number of rotatable bonds is 5. The van der Waals surface area contributed by atoms with Crippen LogP contribution in [-0.2, 0) is 4.79 Å². The molecule has 3 aromatic heterocycles. The van der Waals surface area contributed by atoms with Crippen LogP contribution < -0.4 is 16.4 Å². The van der Waals surface area contributed by atoms with Crippen LogP contribution in [0.5, 0.6) is 0 Å². The van der Waals surface area contributed by atoms with Crippen LogP contribution in [0.15, 0.2) is 63.4 Å². The van der Waals surface area contributed by atoms with Gasteiger partial charge >= 0.3 is 0 Å². The fourth-order valence-electron chi connectivity index (χ4n) is 3.82.